The van der Waals surface area contributed by atoms with Crippen LogP contribution in [0.4, 0.5) is 5.69 Å². The van der Waals surface area contributed by atoms with Gasteiger partial charge in [-0.2, -0.15) is 0 Å². The second kappa shape index (κ2) is 7.34. The van der Waals surface area contributed by atoms with Gasteiger partial charge in [0.15, 0.2) is 0 Å². The zero-order valence-electron chi connectivity index (χ0n) is 13.5. The molecular weight excluding hydrogens is 410 g/mol. The molecule has 0 bridgehead atoms. The number of amides is 3. The summed E-state index contributed by atoms with van der Waals surface area (Å²) in [6.07, 6.45) is 3.01. The normalized spacial score (nSPS) is 16.2. The van der Waals surface area contributed by atoms with E-state index in [9.17, 15) is 14.4 Å². The van der Waals surface area contributed by atoms with Crippen molar-refractivity contribution in [1.82, 2.24) is 10.8 Å². The molecule has 9 nitrogen and oxygen atoms in total. The van der Waals surface area contributed by atoms with Crippen molar-refractivity contribution in [2.75, 3.05) is 18.0 Å². The number of fused-ring (bicyclic) bond motifs is 2. The number of anilines is 1. The Hall–Kier alpha value is -2.59. The van der Waals surface area contributed by atoms with Crippen molar-refractivity contribution in [3.8, 4) is 0 Å². The summed E-state index contributed by atoms with van der Waals surface area (Å²) in [6, 6.07) is 5.17. The van der Waals surface area contributed by atoms with Crippen molar-refractivity contribution in [1.29, 1.82) is 0 Å². The van der Waals surface area contributed by atoms with Crippen molar-refractivity contribution in [2.24, 2.45) is 0 Å². The Balaban J connectivity index is 1.68. The standard InChI is InChI=1S/C16H16BrN3O6/c17-10-3-4-12-11(8-10)16(25-6-7-26-16)15(23)20(12)9-14(22)18-5-1-2-13(21)19-24/h3-4,6-8,24H,1-2,5,9H2,(H,18,22)(H,19,21). The number of hydrogen-bond donors (Lipinski definition) is 3. The van der Waals surface area contributed by atoms with Gasteiger partial charge in [-0.05, 0) is 24.6 Å². The van der Waals surface area contributed by atoms with Crippen LogP contribution in [0.25, 0.3) is 0 Å². The Kier molecular flexibility index (Phi) is 5.14. The average Bonchev–Trinajstić information content (AvgIpc) is 3.20. The zero-order chi connectivity index (χ0) is 18.7. The lowest BCUT2D eigenvalue weighted by Gasteiger charge is -2.22. The first-order valence-electron chi connectivity index (χ1n) is 7.80. The first kappa shape index (κ1) is 18.2. The van der Waals surface area contributed by atoms with E-state index in [2.05, 4.69) is 21.2 Å². The quantitative estimate of drug-likeness (QED) is 0.353. The molecular formula is C16H16BrN3O6. The number of rotatable bonds is 6. The number of nitrogens with zero attached hydrogens (tertiary/aromatic N) is 1. The number of hydrogen-bond acceptors (Lipinski definition) is 6. The van der Waals surface area contributed by atoms with Gasteiger partial charge in [0.25, 0.3) is 0 Å². The van der Waals surface area contributed by atoms with Gasteiger partial charge in [-0.1, -0.05) is 15.9 Å². The molecule has 1 aromatic rings. The maximum atomic E-state index is 12.9. The Morgan fingerprint density at radius 3 is 2.65 bits per heavy atom. The summed E-state index contributed by atoms with van der Waals surface area (Å²) >= 11 is 3.35. The van der Waals surface area contributed by atoms with Crippen LogP contribution in [-0.2, 0) is 29.6 Å². The minimum atomic E-state index is -1.60. The molecule has 2 heterocycles. The molecule has 2 aliphatic rings. The molecule has 1 aromatic carbocycles. The summed E-state index contributed by atoms with van der Waals surface area (Å²) in [6.45, 7) is 0.0231. The van der Waals surface area contributed by atoms with Crippen molar-refractivity contribution >= 4 is 39.3 Å². The molecule has 0 saturated heterocycles. The van der Waals surface area contributed by atoms with Crippen molar-refractivity contribution in [2.45, 2.75) is 18.6 Å². The summed E-state index contributed by atoms with van der Waals surface area (Å²) in [7, 11) is 0. The van der Waals surface area contributed by atoms with Crippen LogP contribution in [0.15, 0.2) is 35.2 Å². The lowest BCUT2D eigenvalue weighted by Crippen LogP contribution is -2.45. The molecule has 26 heavy (non-hydrogen) atoms. The first-order chi connectivity index (χ1) is 12.5. The predicted molar refractivity (Wildman–Crippen MR) is 91.7 cm³/mol. The van der Waals surface area contributed by atoms with Crippen LogP contribution in [0.2, 0.25) is 0 Å². The Labute approximate surface area is 157 Å². The third-order valence-electron chi connectivity index (χ3n) is 3.98. The summed E-state index contributed by atoms with van der Waals surface area (Å²) in [4.78, 5) is 37.2. The van der Waals surface area contributed by atoms with Crippen LogP contribution < -0.4 is 15.7 Å². The van der Waals surface area contributed by atoms with Gasteiger partial charge in [-0.15, -0.1) is 0 Å². The summed E-state index contributed by atoms with van der Waals surface area (Å²) < 4.78 is 11.6. The molecule has 3 amide bonds. The molecule has 0 saturated carbocycles. The van der Waals surface area contributed by atoms with Crippen LogP contribution in [0, 0.1) is 0 Å². The van der Waals surface area contributed by atoms with Gasteiger partial charge in [0.05, 0.1) is 11.3 Å². The highest BCUT2D eigenvalue weighted by molar-refractivity contribution is 9.10. The molecule has 0 radical (unpaired) electrons. The van der Waals surface area contributed by atoms with E-state index in [1.807, 2.05) is 0 Å². The number of carbonyl (C=O) groups excluding carboxylic acids is 3. The smallest absolute Gasteiger partial charge is 0.361 e. The van der Waals surface area contributed by atoms with Crippen LogP contribution in [0.1, 0.15) is 18.4 Å². The number of benzene rings is 1. The van der Waals surface area contributed by atoms with Crippen molar-refractivity contribution < 1.29 is 29.1 Å². The number of nitrogens with one attached hydrogen (secondary N) is 2. The molecule has 10 heteroatoms. The van der Waals surface area contributed by atoms with Gasteiger partial charge in [0.2, 0.25) is 11.8 Å². The van der Waals surface area contributed by atoms with E-state index in [0.29, 0.717) is 17.7 Å². The van der Waals surface area contributed by atoms with Gasteiger partial charge in [0.1, 0.15) is 19.1 Å². The molecule has 138 valence electrons. The lowest BCUT2D eigenvalue weighted by molar-refractivity contribution is -0.174. The molecule has 0 aliphatic carbocycles. The van der Waals surface area contributed by atoms with Crippen LogP contribution in [0.3, 0.4) is 0 Å². The molecule has 3 rings (SSSR count). The molecule has 1 spiro atoms. The van der Waals surface area contributed by atoms with Crippen molar-refractivity contribution in [3.05, 3.63) is 40.8 Å². The van der Waals surface area contributed by atoms with E-state index in [4.69, 9.17) is 14.7 Å². The first-order valence-corrected chi connectivity index (χ1v) is 8.59. The monoisotopic (exact) mass is 425 g/mol. The fraction of sp³-hybridized carbons (Fsp3) is 0.312. The average molecular weight is 426 g/mol. The second-order valence-electron chi connectivity index (χ2n) is 5.67. The molecule has 0 fully saturated rings. The maximum Gasteiger partial charge on any atom is 0.361 e. The molecule has 0 aromatic heterocycles. The van der Waals surface area contributed by atoms with E-state index in [0.717, 1.165) is 4.47 Å². The number of carbonyl (C=O) groups is 3. The SMILES string of the molecule is O=C(CCCNC(=O)CN1C(=O)C2(OC=CO2)c2cc(Br)ccc21)NO. The zero-order valence-corrected chi connectivity index (χ0v) is 15.1. The number of hydroxylamine groups is 1. The predicted octanol–water partition coefficient (Wildman–Crippen LogP) is 0.868. The van der Waals surface area contributed by atoms with Crippen molar-refractivity contribution in [3.63, 3.8) is 0 Å². The van der Waals surface area contributed by atoms with Gasteiger partial charge in [0, 0.05) is 17.4 Å². The highest BCUT2D eigenvalue weighted by atomic mass is 79.9. The minimum absolute atomic E-state index is 0.0761. The fourth-order valence-electron chi connectivity index (χ4n) is 2.80. The third-order valence-corrected chi connectivity index (χ3v) is 4.48. The highest BCUT2D eigenvalue weighted by Crippen LogP contribution is 2.46. The summed E-state index contributed by atoms with van der Waals surface area (Å²) in [5.74, 6) is -3.01. The van der Waals surface area contributed by atoms with Gasteiger partial charge in [-0.3, -0.25) is 24.5 Å². The molecule has 0 atom stereocenters. The van der Waals surface area contributed by atoms with E-state index >= 15 is 0 Å². The Morgan fingerprint density at radius 1 is 1.23 bits per heavy atom. The Bertz CT molecular complexity index is 773. The fourth-order valence-corrected chi connectivity index (χ4v) is 3.16. The van der Waals surface area contributed by atoms with E-state index in [1.165, 1.54) is 22.9 Å². The summed E-state index contributed by atoms with van der Waals surface area (Å²) in [5, 5.41) is 11.0. The lowest BCUT2D eigenvalue weighted by atomic mass is 10.1. The van der Waals surface area contributed by atoms with E-state index in [1.54, 1.807) is 18.2 Å². The number of ether oxygens (including phenoxy) is 2. The third kappa shape index (κ3) is 3.25. The van der Waals surface area contributed by atoms with Gasteiger partial charge < -0.3 is 14.8 Å². The van der Waals surface area contributed by atoms with E-state index < -0.39 is 17.6 Å². The largest absolute Gasteiger partial charge is 0.445 e. The maximum absolute atomic E-state index is 12.9. The second-order valence-corrected chi connectivity index (χ2v) is 6.58. The Morgan fingerprint density at radius 2 is 1.96 bits per heavy atom. The van der Waals surface area contributed by atoms with Crippen LogP contribution >= 0.6 is 15.9 Å². The summed E-state index contributed by atoms with van der Waals surface area (Å²) in [5.41, 5.74) is 2.55. The topological polar surface area (TPSA) is 117 Å². The molecule has 3 N–H and O–H groups in total. The van der Waals surface area contributed by atoms with Gasteiger partial charge in [-0.25, -0.2) is 5.48 Å². The molecule has 2 aliphatic heterocycles. The van der Waals surface area contributed by atoms with Crippen LogP contribution in [-0.4, -0.2) is 36.0 Å². The van der Waals surface area contributed by atoms with Gasteiger partial charge >= 0.3 is 11.7 Å². The van der Waals surface area contributed by atoms with Crippen LogP contribution in [0.5, 0.6) is 0 Å². The number of halogens is 1. The minimum Gasteiger partial charge on any atom is -0.445 e. The molecule has 0 unspecified atom stereocenters. The highest BCUT2D eigenvalue weighted by Gasteiger charge is 2.57. The van der Waals surface area contributed by atoms with E-state index in [-0.39, 0.29) is 25.4 Å².